The minimum atomic E-state index is -1.66. The highest BCUT2D eigenvalue weighted by atomic mass is 16.7. The van der Waals surface area contributed by atoms with E-state index in [-0.39, 0.29) is 5.69 Å². The lowest BCUT2D eigenvalue weighted by Crippen LogP contribution is -2.24. The van der Waals surface area contributed by atoms with Crippen LogP contribution in [-0.4, -0.2) is 26.1 Å². The predicted molar refractivity (Wildman–Crippen MR) is 44.5 cm³/mol. The summed E-state index contributed by atoms with van der Waals surface area (Å²) in [6, 6.07) is 0. The van der Waals surface area contributed by atoms with Gasteiger partial charge >= 0.3 is 11.7 Å². The number of hydrogen-bond acceptors (Lipinski definition) is 5. The van der Waals surface area contributed by atoms with E-state index in [0.717, 1.165) is 4.68 Å². The summed E-state index contributed by atoms with van der Waals surface area (Å²) in [4.78, 5) is 21.4. The predicted octanol–water partition coefficient (Wildman–Crippen LogP) is -0.149. The summed E-state index contributed by atoms with van der Waals surface area (Å²) in [5.74, 6) is -1.19. The van der Waals surface area contributed by atoms with Crippen molar-refractivity contribution < 1.29 is 19.7 Å². The van der Waals surface area contributed by atoms with E-state index in [1.165, 1.54) is 14.0 Å². The Morgan fingerprint density at radius 2 is 2.14 bits per heavy atom. The van der Waals surface area contributed by atoms with E-state index in [1.807, 2.05) is 0 Å². The number of nitrogens with zero attached hydrogens (tertiary/aromatic N) is 2. The highest BCUT2D eigenvalue weighted by molar-refractivity contribution is 5.62. The number of rotatable bonds is 1. The molecule has 0 amide bonds. The van der Waals surface area contributed by atoms with Crippen LogP contribution >= 0.6 is 0 Å². The Bertz CT molecular complexity index is 436. The van der Waals surface area contributed by atoms with E-state index in [9.17, 15) is 14.7 Å². The third kappa shape index (κ3) is 1.65. The van der Waals surface area contributed by atoms with E-state index < -0.39 is 23.2 Å². The zero-order chi connectivity index (χ0) is 10.9. The van der Waals surface area contributed by atoms with Crippen LogP contribution in [0.2, 0.25) is 0 Å². The monoisotopic (exact) mass is 200 g/mol. The van der Waals surface area contributed by atoms with Gasteiger partial charge in [-0.2, -0.15) is 5.10 Å². The van der Waals surface area contributed by atoms with Crippen molar-refractivity contribution in [3.05, 3.63) is 16.0 Å². The SMILES string of the molecule is Cc1nn(C)c(=O)c(OC(=O)O)c1O. The van der Waals surface area contributed by atoms with Gasteiger partial charge in [0.25, 0.3) is 0 Å². The molecule has 1 rings (SSSR count). The van der Waals surface area contributed by atoms with Gasteiger partial charge in [-0.3, -0.25) is 4.79 Å². The van der Waals surface area contributed by atoms with Crippen molar-refractivity contribution in [2.45, 2.75) is 6.92 Å². The zero-order valence-electron chi connectivity index (χ0n) is 7.51. The Labute approximate surface area is 78.2 Å². The van der Waals surface area contributed by atoms with Gasteiger partial charge in [-0.05, 0) is 6.92 Å². The molecule has 0 spiro atoms. The van der Waals surface area contributed by atoms with Crippen molar-refractivity contribution in [1.82, 2.24) is 9.78 Å². The molecule has 0 aromatic carbocycles. The van der Waals surface area contributed by atoms with Crippen LogP contribution in [0.3, 0.4) is 0 Å². The van der Waals surface area contributed by atoms with Crippen LogP contribution in [0.5, 0.6) is 11.5 Å². The molecule has 2 N–H and O–H groups in total. The van der Waals surface area contributed by atoms with Crippen LogP contribution in [0.15, 0.2) is 4.79 Å². The maximum atomic E-state index is 11.2. The molecule has 0 atom stereocenters. The van der Waals surface area contributed by atoms with Gasteiger partial charge in [0.1, 0.15) is 5.69 Å². The highest BCUT2D eigenvalue weighted by Crippen LogP contribution is 2.22. The summed E-state index contributed by atoms with van der Waals surface area (Å²) in [7, 11) is 1.32. The molecule has 0 aliphatic carbocycles. The van der Waals surface area contributed by atoms with Gasteiger partial charge in [-0.15, -0.1) is 0 Å². The fourth-order valence-corrected chi connectivity index (χ4v) is 0.910. The van der Waals surface area contributed by atoms with Crippen LogP contribution in [-0.2, 0) is 7.05 Å². The van der Waals surface area contributed by atoms with Crippen LogP contribution in [0, 0.1) is 6.92 Å². The Balaban J connectivity index is 3.39. The second kappa shape index (κ2) is 3.36. The third-order valence-corrected chi connectivity index (χ3v) is 1.54. The lowest BCUT2D eigenvalue weighted by Gasteiger charge is -2.05. The van der Waals surface area contributed by atoms with Crippen LogP contribution in [0.4, 0.5) is 4.79 Å². The van der Waals surface area contributed by atoms with E-state index in [4.69, 9.17) is 5.11 Å². The largest absolute Gasteiger partial charge is 0.511 e. The molecule has 76 valence electrons. The molecule has 14 heavy (non-hydrogen) atoms. The average Bonchev–Trinajstić information content (AvgIpc) is 2.09. The molecule has 1 aromatic heterocycles. The number of aromatic hydroxyl groups is 1. The molecule has 7 nitrogen and oxygen atoms in total. The molecule has 1 aromatic rings. The smallest absolute Gasteiger partial charge is 0.503 e. The Morgan fingerprint density at radius 1 is 1.57 bits per heavy atom. The minimum Gasteiger partial charge on any atom is -0.503 e. The van der Waals surface area contributed by atoms with E-state index in [0.29, 0.717) is 0 Å². The van der Waals surface area contributed by atoms with E-state index >= 15 is 0 Å². The highest BCUT2D eigenvalue weighted by Gasteiger charge is 2.16. The topological polar surface area (TPSA) is 102 Å². The second-order valence-electron chi connectivity index (χ2n) is 2.56. The van der Waals surface area contributed by atoms with Crippen molar-refractivity contribution in [3.8, 4) is 11.5 Å². The Kier molecular flexibility index (Phi) is 2.41. The van der Waals surface area contributed by atoms with Gasteiger partial charge < -0.3 is 14.9 Å². The molecule has 1 heterocycles. The van der Waals surface area contributed by atoms with E-state index in [2.05, 4.69) is 9.84 Å². The van der Waals surface area contributed by atoms with Crippen molar-refractivity contribution in [2.75, 3.05) is 0 Å². The average molecular weight is 200 g/mol. The third-order valence-electron chi connectivity index (χ3n) is 1.54. The molecule has 0 bridgehead atoms. The summed E-state index contributed by atoms with van der Waals surface area (Å²) in [6.45, 7) is 1.42. The first-order valence-corrected chi connectivity index (χ1v) is 3.61. The molecule has 0 aliphatic heterocycles. The quantitative estimate of drug-likeness (QED) is 0.611. The van der Waals surface area contributed by atoms with Crippen molar-refractivity contribution >= 4 is 6.16 Å². The van der Waals surface area contributed by atoms with Gasteiger partial charge in [0.15, 0.2) is 5.75 Å². The molecule has 0 saturated heterocycles. The molecule has 0 unspecified atom stereocenters. The minimum absolute atomic E-state index is 0.114. The molecule has 0 aliphatic rings. The van der Waals surface area contributed by atoms with Gasteiger partial charge in [0.05, 0.1) is 0 Å². The number of aryl methyl sites for hydroxylation is 2. The molecule has 0 radical (unpaired) electrons. The molecule has 0 fully saturated rings. The normalized spacial score (nSPS) is 9.86. The first-order chi connectivity index (χ1) is 6.43. The fourth-order valence-electron chi connectivity index (χ4n) is 0.910. The number of carbonyl (C=O) groups is 1. The number of hydrogen-bond donors (Lipinski definition) is 2. The lowest BCUT2D eigenvalue weighted by molar-refractivity contribution is 0.141. The standard InChI is InChI=1S/C7H8N2O5/c1-3-4(10)5(14-7(12)13)6(11)9(2)8-3/h10H,1-2H3,(H,12,13). The van der Waals surface area contributed by atoms with Gasteiger partial charge in [0.2, 0.25) is 5.75 Å². The van der Waals surface area contributed by atoms with Gasteiger partial charge in [-0.1, -0.05) is 0 Å². The number of aromatic nitrogens is 2. The fraction of sp³-hybridized carbons (Fsp3) is 0.286. The van der Waals surface area contributed by atoms with Crippen molar-refractivity contribution in [2.24, 2.45) is 7.05 Å². The van der Waals surface area contributed by atoms with Crippen LogP contribution < -0.4 is 10.3 Å². The van der Waals surface area contributed by atoms with Gasteiger partial charge in [0, 0.05) is 7.05 Å². The van der Waals surface area contributed by atoms with E-state index in [1.54, 1.807) is 0 Å². The maximum Gasteiger partial charge on any atom is 0.511 e. The Morgan fingerprint density at radius 3 is 2.64 bits per heavy atom. The first-order valence-electron chi connectivity index (χ1n) is 3.61. The maximum absolute atomic E-state index is 11.2. The van der Waals surface area contributed by atoms with Crippen molar-refractivity contribution in [1.29, 1.82) is 0 Å². The molecular weight excluding hydrogens is 192 g/mol. The first kappa shape index (κ1) is 10.0. The molecule has 0 saturated carbocycles. The summed E-state index contributed by atoms with van der Waals surface area (Å²) in [5.41, 5.74) is -0.696. The van der Waals surface area contributed by atoms with Crippen LogP contribution in [0.1, 0.15) is 5.69 Å². The summed E-state index contributed by atoms with van der Waals surface area (Å²) >= 11 is 0. The summed E-state index contributed by atoms with van der Waals surface area (Å²) in [6.07, 6.45) is -1.66. The Hall–Kier alpha value is -2.05. The number of ether oxygens (including phenoxy) is 1. The summed E-state index contributed by atoms with van der Waals surface area (Å²) in [5, 5.41) is 21.2. The number of carboxylic acid groups (broad SMARTS) is 1. The second-order valence-corrected chi connectivity index (χ2v) is 2.56. The zero-order valence-corrected chi connectivity index (χ0v) is 7.51. The lowest BCUT2D eigenvalue weighted by atomic mass is 10.3. The molecular formula is C7H8N2O5. The molecule has 7 heteroatoms. The van der Waals surface area contributed by atoms with Crippen LogP contribution in [0.25, 0.3) is 0 Å². The summed E-state index contributed by atoms with van der Waals surface area (Å²) < 4.78 is 5.01. The van der Waals surface area contributed by atoms with Crippen molar-refractivity contribution in [3.63, 3.8) is 0 Å². The van der Waals surface area contributed by atoms with Gasteiger partial charge in [-0.25, -0.2) is 9.48 Å².